The average Bonchev–Trinajstić information content (AvgIpc) is 3.29. The molecule has 1 fully saturated rings. The maximum Gasteiger partial charge on any atom is 0.152 e. The second-order valence-electron chi connectivity index (χ2n) is 6.74. The quantitative estimate of drug-likeness (QED) is 0.630. The van der Waals surface area contributed by atoms with Crippen molar-refractivity contribution >= 4 is 43.0 Å². The average molecular weight is 399 g/mol. The lowest BCUT2D eigenvalue weighted by Crippen LogP contribution is -2.13. The van der Waals surface area contributed by atoms with Gasteiger partial charge in [-0.05, 0) is 38.5 Å². The lowest BCUT2D eigenvalue weighted by molar-refractivity contribution is 0.486. The Morgan fingerprint density at radius 3 is 2.81 bits per heavy atom. The van der Waals surface area contributed by atoms with Crippen LogP contribution in [0.25, 0.3) is 21.9 Å². The van der Waals surface area contributed by atoms with E-state index >= 15 is 0 Å². The fraction of sp³-hybridized carbons (Fsp3) is 0.316. The van der Waals surface area contributed by atoms with Crippen molar-refractivity contribution < 1.29 is 8.42 Å². The van der Waals surface area contributed by atoms with Crippen LogP contribution in [-0.4, -0.2) is 34.7 Å². The van der Waals surface area contributed by atoms with E-state index in [1.54, 1.807) is 4.68 Å². The van der Waals surface area contributed by atoms with Gasteiger partial charge in [0.2, 0.25) is 0 Å². The largest absolute Gasteiger partial charge is 0.265 e. The van der Waals surface area contributed by atoms with Gasteiger partial charge in [-0.15, -0.1) is 11.3 Å². The fourth-order valence-electron chi connectivity index (χ4n) is 3.48. The standard InChI is InChI=1S/C19H18N4O2S2/c1-12-16(13(2)23(22-12)15-7-8-27(24,25)11-15)9-14(10-20)19-21-17-5-3-4-6-18(17)26-19/h3-6,9,15H,7-8,11H2,1-2H3/b14-9+. The van der Waals surface area contributed by atoms with Crippen LogP contribution in [0.2, 0.25) is 0 Å². The van der Waals surface area contributed by atoms with E-state index in [-0.39, 0.29) is 17.5 Å². The predicted octanol–water partition coefficient (Wildman–Crippen LogP) is 3.53. The molecule has 1 aromatic carbocycles. The van der Waals surface area contributed by atoms with Gasteiger partial charge in [-0.2, -0.15) is 10.4 Å². The van der Waals surface area contributed by atoms with E-state index < -0.39 is 9.84 Å². The Hall–Kier alpha value is -2.50. The first-order chi connectivity index (χ1) is 12.9. The Morgan fingerprint density at radius 1 is 1.37 bits per heavy atom. The Kier molecular flexibility index (Phi) is 4.36. The Bertz CT molecular complexity index is 1180. The van der Waals surface area contributed by atoms with Crippen LogP contribution in [0.1, 0.15) is 34.4 Å². The molecule has 0 bridgehead atoms. The number of benzene rings is 1. The zero-order chi connectivity index (χ0) is 19.2. The normalized spacial score (nSPS) is 19.4. The maximum absolute atomic E-state index is 11.8. The van der Waals surface area contributed by atoms with Gasteiger partial charge < -0.3 is 0 Å². The van der Waals surface area contributed by atoms with E-state index in [1.807, 2.05) is 44.2 Å². The van der Waals surface area contributed by atoms with E-state index in [0.29, 0.717) is 17.0 Å². The summed E-state index contributed by atoms with van der Waals surface area (Å²) >= 11 is 1.48. The summed E-state index contributed by atoms with van der Waals surface area (Å²) in [7, 11) is -2.99. The molecule has 4 rings (SSSR count). The third-order valence-electron chi connectivity index (χ3n) is 4.87. The predicted molar refractivity (Wildman–Crippen MR) is 107 cm³/mol. The summed E-state index contributed by atoms with van der Waals surface area (Å²) < 4.78 is 26.5. The molecule has 2 aromatic heterocycles. The molecule has 3 aromatic rings. The number of hydrogen-bond acceptors (Lipinski definition) is 6. The van der Waals surface area contributed by atoms with E-state index in [4.69, 9.17) is 0 Å². The molecule has 0 aliphatic carbocycles. The summed E-state index contributed by atoms with van der Waals surface area (Å²) in [6, 6.07) is 9.91. The molecule has 1 saturated heterocycles. The highest BCUT2D eigenvalue weighted by Gasteiger charge is 2.31. The van der Waals surface area contributed by atoms with Crippen molar-refractivity contribution in [2.75, 3.05) is 11.5 Å². The SMILES string of the molecule is Cc1nn(C2CCS(=O)(=O)C2)c(C)c1/C=C(\C#N)c1nc2ccccc2s1. The van der Waals surface area contributed by atoms with Crippen molar-refractivity contribution in [2.24, 2.45) is 0 Å². The highest BCUT2D eigenvalue weighted by atomic mass is 32.2. The Morgan fingerprint density at radius 2 is 2.15 bits per heavy atom. The fourth-order valence-corrected chi connectivity index (χ4v) is 6.11. The van der Waals surface area contributed by atoms with Gasteiger partial charge in [-0.1, -0.05) is 12.1 Å². The smallest absolute Gasteiger partial charge is 0.152 e. The highest BCUT2D eigenvalue weighted by Crippen LogP contribution is 2.31. The zero-order valence-corrected chi connectivity index (χ0v) is 16.6. The molecule has 6 nitrogen and oxygen atoms in total. The van der Waals surface area contributed by atoms with Gasteiger partial charge in [0.05, 0.1) is 39.0 Å². The van der Waals surface area contributed by atoms with Crippen molar-refractivity contribution in [3.63, 3.8) is 0 Å². The van der Waals surface area contributed by atoms with Crippen LogP contribution in [0, 0.1) is 25.2 Å². The molecule has 1 unspecified atom stereocenters. The second-order valence-corrected chi connectivity index (χ2v) is 10.0. The maximum atomic E-state index is 11.8. The van der Waals surface area contributed by atoms with E-state index in [0.717, 1.165) is 27.2 Å². The summed E-state index contributed by atoms with van der Waals surface area (Å²) in [4.78, 5) is 4.56. The number of thiazole rings is 1. The number of fused-ring (bicyclic) bond motifs is 1. The number of nitrogens with zero attached hydrogens (tertiary/aromatic N) is 4. The van der Waals surface area contributed by atoms with Crippen molar-refractivity contribution in [1.29, 1.82) is 5.26 Å². The van der Waals surface area contributed by atoms with Gasteiger partial charge in [-0.3, -0.25) is 4.68 Å². The van der Waals surface area contributed by atoms with Crippen LogP contribution < -0.4 is 0 Å². The third-order valence-corrected chi connectivity index (χ3v) is 7.69. The number of hydrogen-bond donors (Lipinski definition) is 0. The van der Waals surface area contributed by atoms with Gasteiger partial charge in [0.25, 0.3) is 0 Å². The summed E-state index contributed by atoms with van der Waals surface area (Å²) in [5.74, 6) is 0.331. The lowest BCUT2D eigenvalue weighted by Gasteiger charge is -2.11. The molecular weight excluding hydrogens is 380 g/mol. The van der Waals surface area contributed by atoms with Gasteiger partial charge in [0.15, 0.2) is 9.84 Å². The van der Waals surface area contributed by atoms with Crippen molar-refractivity contribution in [1.82, 2.24) is 14.8 Å². The molecule has 0 amide bonds. The number of allylic oxidation sites excluding steroid dienone is 1. The van der Waals surface area contributed by atoms with Crippen molar-refractivity contribution in [3.05, 3.63) is 46.2 Å². The first-order valence-electron chi connectivity index (χ1n) is 8.62. The minimum absolute atomic E-state index is 0.126. The van der Waals surface area contributed by atoms with E-state index in [1.165, 1.54) is 11.3 Å². The third kappa shape index (κ3) is 3.29. The summed E-state index contributed by atoms with van der Waals surface area (Å²) in [6.45, 7) is 3.80. The number of rotatable bonds is 3. The minimum Gasteiger partial charge on any atom is -0.265 e. The molecule has 0 N–H and O–H groups in total. The first kappa shape index (κ1) is 17.9. The van der Waals surface area contributed by atoms with Crippen molar-refractivity contribution in [2.45, 2.75) is 26.3 Å². The molecule has 0 radical (unpaired) electrons. The summed E-state index contributed by atoms with van der Waals surface area (Å²) in [5, 5.41) is 14.9. The van der Waals surface area contributed by atoms with Crippen LogP contribution in [0.5, 0.6) is 0 Å². The Balaban J connectivity index is 1.75. The molecule has 0 spiro atoms. The number of aryl methyl sites for hydroxylation is 1. The molecule has 1 aliphatic heterocycles. The van der Waals surface area contributed by atoms with Gasteiger partial charge >= 0.3 is 0 Å². The highest BCUT2D eigenvalue weighted by molar-refractivity contribution is 7.91. The zero-order valence-electron chi connectivity index (χ0n) is 15.0. The second kappa shape index (κ2) is 6.59. The molecule has 138 valence electrons. The molecular formula is C19H18N4O2S2. The topological polar surface area (TPSA) is 88.6 Å². The minimum atomic E-state index is -2.99. The van der Waals surface area contributed by atoms with Gasteiger partial charge in [0.1, 0.15) is 11.1 Å². The van der Waals surface area contributed by atoms with E-state index in [9.17, 15) is 13.7 Å². The molecule has 1 aliphatic rings. The van der Waals surface area contributed by atoms with Crippen LogP contribution >= 0.6 is 11.3 Å². The first-order valence-corrected chi connectivity index (χ1v) is 11.3. The van der Waals surface area contributed by atoms with E-state index in [2.05, 4.69) is 16.2 Å². The number of aromatic nitrogens is 3. The number of nitriles is 1. The lowest BCUT2D eigenvalue weighted by atomic mass is 10.1. The Labute approximate surface area is 161 Å². The van der Waals surface area contributed by atoms with Gasteiger partial charge in [-0.25, -0.2) is 13.4 Å². The summed E-state index contributed by atoms with van der Waals surface area (Å²) in [5.41, 5.74) is 3.88. The molecule has 0 saturated carbocycles. The monoisotopic (exact) mass is 398 g/mol. The molecule has 8 heteroatoms. The molecule has 1 atom stereocenters. The van der Waals surface area contributed by atoms with Crippen LogP contribution in [0.15, 0.2) is 24.3 Å². The van der Waals surface area contributed by atoms with Crippen LogP contribution in [-0.2, 0) is 9.84 Å². The molecule has 27 heavy (non-hydrogen) atoms. The van der Waals surface area contributed by atoms with Crippen LogP contribution in [0.4, 0.5) is 0 Å². The number of sulfone groups is 1. The molecule has 3 heterocycles. The van der Waals surface area contributed by atoms with Crippen molar-refractivity contribution in [3.8, 4) is 6.07 Å². The summed E-state index contributed by atoms with van der Waals surface area (Å²) in [6.07, 6.45) is 2.39. The van der Waals surface area contributed by atoms with Gasteiger partial charge in [0, 0.05) is 11.3 Å². The number of para-hydroxylation sites is 1. The van der Waals surface area contributed by atoms with Crippen LogP contribution in [0.3, 0.4) is 0 Å².